The maximum absolute atomic E-state index is 12.3. The average Bonchev–Trinajstić information content (AvgIpc) is 2.47. The van der Waals surface area contributed by atoms with Crippen molar-refractivity contribution >= 4 is 25.7 Å². The molecule has 23 heavy (non-hydrogen) atoms. The Kier molecular flexibility index (Phi) is 4.93. The molecule has 3 N–H and O–H groups in total. The topological polar surface area (TPSA) is 116 Å². The Morgan fingerprint density at radius 2 is 1.65 bits per heavy atom. The van der Waals surface area contributed by atoms with E-state index in [0.717, 1.165) is 6.07 Å². The van der Waals surface area contributed by atoms with Crippen LogP contribution >= 0.6 is 0 Å². The van der Waals surface area contributed by atoms with E-state index in [0.29, 0.717) is 12.4 Å². The van der Waals surface area contributed by atoms with Crippen molar-refractivity contribution in [3.8, 4) is 5.75 Å². The zero-order chi connectivity index (χ0) is 17.1. The molecule has 0 aromatic heterocycles. The second kappa shape index (κ2) is 6.57. The number of hydrogen-bond donors (Lipinski definition) is 2. The zero-order valence-corrected chi connectivity index (χ0v) is 13.9. The van der Waals surface area contributed by atoms with Crippen LogP contribution in [0.1, 0.15) is 6.92 Å². The highest BCUT2D eigenvalue weighted by molar-refractivity contribution is 7.92. The third kappa shape index (κ3) is 4.44. The van der Waals surface area contributed by atoms with Crippen LogP contribution in [0.4, 0.5) is 5.69 Å². The summed E-state index contributed by atoms with van der Waals surface area (Å²) in [5.41, 5.74) is 0.102. The Hall–Kier alpha value is -2.10. The smallest absolute Gasteiger partial charge is 0.261 e. The molecule has 2 aromatic rings. The van der Waals surface area contributed by atoms with Crippen molar-refractivity contribution in [1.82, 2.24) is 0 Å². The minimum Gasteiger partial charge on any atom is -0.494 e. The molecule has 0 aliphatic heterocycles. The van der Waals surface area contributed by atoms with E-state index >= 15 is 0 Å². The molecule has 0 radical (unpaired) electrons. The molecule has 124 valence electrons. The third-order valence-electron chi connectivity index (χ3n) is 2.86. The highest BCUT2D eigenvalue weighted by Gasteiger charge is 2.16. The molecular formula is C14H16N2O5S2. The van der Waals surface area contributed by atoms with E-state index in [1.165, 1.54) is 30.3 Å². The Bertz CT molecular complexity index is 891. The Balaban J connectivity index is 2.28. The Morgan fingerprint density at radius 1 is 1.00 bits per heavy atom. The predicted octanol–water partition coefficient (Wildman–Crippen LogP) is 1.53. The molecule has 0 atom stereocenters. The molecular weight excluding hydrogens is 340 g/mol. The maximum atomic E-state index is 12.3. The summed E-state index contributed by atoms with van der Waals surface area (Å²) < 4.78 is 54.8. The lowest BCUT2D eigenvalue weighted by Crippen LogP contribution is -2.15. The molecule has 0 unspecified atom stereocenters. The van der Waals surface area contributed by atoms with Crippen molar-refractivity contribution in [2.75, 3.05) is 11.3 Å². The summed E-state index contributed by atoms with van der Waals surface area (Å²) in [7, 11) is -7.76. The minimum absolute atomic E-state index is 0.0296. The van der Waals surface area contributed by atoms with Crippen LogP contribution in [-0.4, -0.2) is 23.4 Å². The van der Waals surface area contributed by atoms with Crippen LogP contribution < -0.4 is 14.6 Å². The van der Waals surface area contributed by atoms with Gasteiger partial charge in [-0.1, -0.05) is 6.07 Å². The van der Waals surface area contributed by atoms with E-state index in [2.05, 4.69) is 4.72 Å². The van der Waals surface area contributed by atoms with Gasteiger partial charge in [0.05, 0.1) is 22.1 Å². The standard InChI is InChI=1S/C14H16N2O5S2/c1-2-21-12-6-8-13(9-7-12)23(19,20)16-11-4-3-5-14(10-11)22(15,17)18/h3-10,16H,2H2,1H3,(H2,15,17,18). The fourth-order valence-electron chi connectivity index (χ4n) is 1.83. The van der Waals surface area contributed by atoms with Gasteiger partial charge < -0.3 is 4.74 Å². The van der Waals surface area contributed by atoms with Crippen LogP contribution in [0, 0.1) is 0 Å². The molecule has 0 spiro atoms. The van der Waals surface area contributed by atoms with Crippen LogP contribution in [0.15, 0.2) is 58.3 Å². The second-order valence-corrected chi connectivity index (χ2v) is 7.83. The van der Waals surface area contributed by atoms with Gasteiger partial charge in [-0.15, -0.1) is 0 Å². The van der Waals surface area contributed by atoms with Crippen molar-refractivity contribution in [2.24, 2.45) is 5.14 Å². The molecule has 9 heteroatoms. The SMILES string of the molecule is CCOc1ccc(S(=O)(=O)Nc2cccc(S(N)(=O)=O)c2)cc1. The largest absolute Gasteiger partial charge is 0.494 e. The number of hydrogen-bond acceptors (Lipinski definition) is 5. The first-order valence-corrected chi connectivity index (χ1v) is 9.64. The second-order valence-electron chi connectivity index (χ2n) is 4.58. The first-order valence-electron chi connectivity index (χ1n) is 6.61. The molecule has 0 aliphatic carbocycles. The molecule has 0 amide bonds. The molecule has 0 heterocycles. The number of ether oxygens (including phenoxy) is 1. The summed E-state index contributed by atoms with van der Waals surface area (Å²) in [5.74, 6) is 0.558. The monoisotopic (exact) mass is 356 g/mol. The van der Waals surface area contributed by atoms with E-state index in [-0.39, 0.29) is 15.5 Å². The number of nitrogens with two attached hydrogens (primary N) is 1. The van der Waals surface area contributed by atoms with Gasteiger partial charge in [-0.3, -0.25) is 4.72 Å². The van der Waals surface area contributed by atoms with Gasteiger partial charge in [0.15, 0.2) is 0 Å². The number of benzene rings is 2. The minimum atomic E-state index is -3.91. The van der Waals surface area contributed by atoms with Gasteiger partial charge >= 0.3 is 0 Å². The predicted molar refractivity (Wildman–Crippen MR) is 86.2 cm³/mol. The van der Waals surface area contributed by atoms with E-state index < -0.39 is 20.0 Å². The Labute approximate surface area is 135 Å². The summed E-state index contributed by atoms with van der Waals surface area (Å²) in [5, 5.41) is 5.03. The van der Waals surface area contributed by atoms with Gasteiger partial charge in [-0.2, -0.15) is 0 Å². The van der Waals surface area contributed by atoms with Gasteiger partial charge in [0.1, 0.15) is 5.75 Å². The molecule has 2 rings (SSSR count). The van der Waals surface area contributed by atoms with Crippen molar-refractivity contribution in [3.05, 3.63) is 48.5 Å². The third-order valence-corrected chi connectivity index (χ3v) is 5.17. The summed E-state index contributed by atoms with van der Waals surface area (Å²) >= 11 is 0. The molecule has 0 saturated carbocycles. The van der Waals surface area contributed by atoms with E-state index in [4.69, 9.17) is 9.88 Å². The number of rotatable bonds is 6. The lowest BCUT2D eigenvalue weighted by molar-refractivity contribution is 0.340. The van der Waals surface area contributed by atoms with Crippen molar-refractivity contribution in [3.63, 3.8) is 0 Å². The molecule has 7 nitrogen and oxygen atoms in total. The summed E-state index contributed by atoms with van der Waals surface area (Å²) in [6.45, 7) is 2.30. The summed E-state index contributed by atoms with van der Waals surface area (Å²) in [6.07, 6.45) is 0. The normalized spacial score (nSPS) is 11.9. The van der Waals surface area contributed by atoms with E-state index in [1.54, 1.807) is 12.1 Å². The van der Waals surface area contributed by atoms with Gasteiger partial charge in [0.25, 0.3) is 10.0 Å². The maximum Gasteiger partial charge on any atom is 0.261 e. The first-order chi connectivity index (χ1) is 10.7. The highest BCUT2D eigenvalue weighted by Crippen LogP contribution is 2.21. The van der Waals surface area contributed by atoms with Crippen molar-refractivity contribution in [2.45, 2.75) is 16.7 Å². The fraction of sp³-hybridized carbons (Fsp3) is 0.143. The zero-order valence-electron chi connectivity index (χ0n) is 12.3. The molecule has 0 fully saturated rings. The van der Waals surface area contributed by atoms with E-state index in [9.17, 15) is 16.8 Å². The number of primary sulfonamides is 1. The van der Waals surface area contributed by atoms with Gasteiger partial charge in [-0.05, 0) is 49.4 Å². The first kappa shape index (κ1) is 17.3. The lowest BCUT2D eigenvalue weighted by atomic mass is 10.3. The lowest BCUT2D eigenvalue weighted by Gasteiger charge is -2.10. The molecule has 0 aliphatic rings. The van der Waals surface area contributed by atoms with Crippen LogP contribution in [0.5, 0.6) is 5.75 Å². The van der Waals surface area contributed by atoms with Crippen LogP contribution in [0.2, 0.25) is 0 Å². The van der Waals surface area contributed by atoms with Crippen molar-refractivity contribution in [1.29, 1.82) is 0 Å². The van der Waals surface area contributed by atoms with Gasteiger partial charge in [-0.25, -0.2) is 22.0 Å². The number of sulfonamides is 2. The summed E-state index contributed by atoms with van der Waals surface area (Å²) in [6, 6.07) is 11.1. The van der Waals surface area contributed by atoms with Crippen LogP contribution in [0.25, 0.3) is 0 Å². The average molecular weight is 356 g/mol. The van der Waals surface area contributed by atoms with Crippen molar-refractivity contribution < 1.29 is 21.6 Å². The summed E-state index contributed by atoms with van der Waals surface area (Å²) in [4.78, 5) is -0.147. The quantitative estimate of drug-likeness (QED) is 0.814. The molecule has 0 saturated heterocycles. The number of anilines is 1. The van der Waals surface area contributed by atoms with E-state index in [1.807, 2.05) is 6.92 Å². The van der Waals surface area contributed by atoms with Gasteiger partial charge in [0.2, 0.25) is 10.0 Å². The highest BCUT2D eigenvalue weighted by atomic mass is 32.2. The molecule has 0 bridgehead atoms. The number of nitrogens with one attached hydrogen (secondary N) is 1. The Morgan fingerprint density at radius 3 is 2.22 bits per heavy atom. The molecule has 2 aromatic carbocycles. The fourth-order valence-corrected chi connectivity index (χ4v) is 3.44. The van der Waals surface area contributed by atoms with Gasteiger partial charge in [0, 0.05) is 0 Å². The van der Waals surface area contributed by atoms with Crippen LogP contribution in [-0.2, 0) is 20.0 Å². The van der Waals surface area contributed by atoms with Crippen LogP contribution in [0.3, 0.4) is 0 Å².